The number of hydrogen-bond donors (Lipinski definition) is 1. The Morgan fingerprint density at radius 1 is 1.07 bits per heavy atom. The summed E-state index contributed by atoms with van der Waals surface area (Å²) in [6, 6.07) is 9.23. The molecule has 3 aliphatic rings. The van der Waals surface area contributed by atoms with Crippen LogP contribution in [0.4, 0.5) is 18.9 Å². The lowest BCUT2D eigenvalue weighted by molar-refractivity contribution is -0.137. The lowest BCUT2D eigenvalue weighted by Gasteiger charge is -2.30. The van der Waals surface area contributed by atoms with E-state index in [1.807, 2.05) is 17.0 Å². The van der Waals surface area contributed by atoms with Crippen LogP contribution in [0, 0.1) is 17.2 Å². The molecule has 0 atom stereocenters. The number of aromatic nitrogens is 1. The molecule has 0 bridgehead atoms. The number of nitrogens with one attached hydrogen (secondary N) is 1. The number of pyridine rings is 1. The first-order valence-electron chi connectivity index (χ1n) is 14.7. The summed E-state index contributed by atoms with van der Waals surface area (Å²) in [6.07, 6.45) is 9.74. The number of hydrogen-bond acceptors (Lipinski definition) is 5. The highest BCUT2D eigenvalue weighted by Gasteiger charge is 2.34. The maximum absolute atomic E-state index is 13.3. The molecular weight excluding hydrogens is 529 g/mol. The van der Waals surface area contributed by atoms with Crippen LogP contribution in [0.25, 0.3) is 6.08 Å². The van der Waals surface area contributed by atoms with Gasteiger partial charge in [0.2, 0.25) is 5.91 Å². The van der Waals surface area contributed by atoms with E-state index < -0.39 is 11.7 Å². The van der Waals surface area contributed by atoms with Crippen molar-refractivity contribution in [1.82, 2.24) is 9.88 Å². The first-order chi connectivity index (χ1) is 19.8. The van der Waals surface area contributed by atoms with Crippen LogP contribution in [-0.4, -0.2) is 41.0 Å². The predicted octanol–water partition coefficient (Wildman–Crippen LogP) is 7.36. The van der Waals surface area contributed by atoms with Crippen molar-refractivity contribution in [2.24, 2.45) is 5.92 Å². The van der Waals surface area contributed by atoms with Crippen molar-refractivity contribution in [2.45, 2.75) is 89.0 Å². The number of nitriles is 1. The quantitative estimate of drug-likeness (QED) is 0.379. The number of carbonyl (C=O) groups is 1. The fraction of sp³-hybridized carbons (Fsp3) is 0.531. The van der Waals surface area contributed by atoms with E-state index in [1.54, 1.807) is 12.3 Å². The molecule has 1 N–H and O–H groups in total. The SMILES string of the molecule is N#Cc1ccc(NC2CCC(Oc3ccnc(C=C4CCN(C(=O)CC5CCCC5)CC4)c3)CC2)cc1C(F)(F)F. The minimum Gasteiger partial charge on any atom is -0.490 e. The second-order valence-corrected chi connectivity index (χ2v) is 11.6. The van der Waals surface area contributed by atoms with Crippen LogP contribution in [0.2, 0.25) is 0 Å². The number of alkyl halides is 3. The molecule has 41 heavy (non-hydrogen) atoms. The van der Waals surface area contributed by atoms with Gasteiger partial charge in [0, 0.05) is 43.5 Å². The third kappa shape index (κ3) is 7.81. The van der Waals surface area contributed by atoms with Gasteiger partial charge in [-0.3, -0.25) is 9.78 Å². The molecule has 5 rings (SSSR count). The summed E-state index contributed by atoms with van der Waals surface area (Å²) in [4.78, 5) is 19.2. The normalized spacial score (nSPS) is 21.8. The fourth-order valence-corrected chi connectivity index (χ4v) is 6.29. The van der Waals surface area contributed by atoms with E-state index >= 15 is 0 Å². The third-order valence-electron chi connectivity index (χ3n) is 8.59. The first kappa shape index (κ1) is 29.0. The molecule has 1 amide bonds. The Bertz CT molecular complexity index is 1280. The van der Waals surface area contributed by atoms with Gasteiger partial charge in [-0.05, 0) is 87.6 Å². The Kier molecular flexibility index (Phi) is 9.16. The van der Waals surface area contributed by atoms with Crippen LogP contribution in [-0.2, 0) is 11.0 Å². The second-order valence-electron chi connectivity index (χ2n) is 11.6. The molecular formula is C32H37F3N4O2. The Labute approximate surface area is 239 Å². The molecule has 1 aromatic heterocycles. The maximum Gasteiger partial charge on any atom is 0.417 e. The summed E-state index contributed by atoms with van der Waals surface area (Å²) in [6.45, 7) is 1.54. The van der Waals surface area contributed by atoms with Crippen molar-refractivity contribution in [3.63, 3.8) is 0 Å². The van der Waals surface area contributed by atoms with E-state index in [0.717, 1.165) is 69.1 Å². The minimum atomic E-state index is -4.57. The molecule has 6 nitrogen and oxygen atoms in total. The van der Waals surface area contributed by atoms with Gasteiger partial charge in [-0.15, -0.1) is 0 Å². The van der Waals surface area contributed by atoms with Gasteiger partial charge >= 0.3 is 6.18 Å². The molecule has 1 aliphatic heterocycles. The summed E-state index contributed by atoms with van der Waals surface area (Å²) in [5, 5.41) is 12.2. The molecule has 218 valence electrons. The van der Waals surface area contributed by atoms with E-state index in [2.05, 4.69) is 16.4 Å². The van der Waals surface area contributed by atoms with Gasteiger partial charge in [-0.25, -0.2) is 0 Å². The zero-order valence-electron chi connectivity index (χ0n) is 23.3. The van der Waals surface area contributed by atoms with Crippen LogP contribution < -0.4 is 10.1 Å². The van der Waals surface area contributed by atoms with Gasteiger partial charge < -0.3 is 15.0 Å². The number of benzene rings is 1. The first-order valence-corrected chi connectivity index (χ1v) is 14.7. The average Bonchev–Trinajstić information content (AvgIpc) is 3.47. The number of piperidine rings is 1. The smallest absolute Gasteiger partial charge is 0.417 e. The zero-order valence-corrected chi connectivity index (χ0v) is 23.3. The molecule has 2 heterocycles. The number of carbonyl (C=O) groups excluding carboxylic acids is 1. The van der Waals surface area contributed by atoms with Crippen LogP contribution in [0.15, 0.2) is 42.1 Å². The highest BCUT2D eigenvalue weighted by molar-refractivity contribution is 5.76. The van der Waals surface area contributed by atoms with Crippen LogP contribution in [0.5, 0.6) is 5.75 Å². The lowest BCUT2D eigenvalue weighted by Crippen LogP contribution is -2.37. The van der Waals surface area contributed by atoms with Crippen molar-refractivity contribution in [1.29, 1.82) is 5.26 Å². The number of rotatable bonds is 7. The number of anilines is 1. The summed E-state index contributed by atoms with van der Waals surface area (Å²) < 4.78 is 46.2. The number of amides is 1. The number of ether oxygens (including phenoxy) is 1. The molecule has 0 spiro atoms. The summed E-state index contributed by atoms with van der Waals surface area (Å²) in [7, 11) is 0. The van der Waals surface area contributed by atoms with E-state index in [9.17, 15) is 18.0 Å². The van der Waals surface area contributed by atoms with E-state index in [1.165, 1.54) is 43.4 Å². The Hall–Kier alpha value is -3.54. The Morgan fingerprint density at radius 3 is 2.49 bits per heavy atom. The molecule has 2 saturated carbocycles. The molecule has 2 aliphatic carbocycles. The Balaban J connectivity index is 1.09. The minimum absolute atomic E-state index is 0.0248. The Morgan fingerprint density at radius 2 is 1.80 bits per heavy atom. The van der Waals surface area contributed by atoms with Crippen molar-refractivity contribution >= 4 is 17.7 Å². The highest BCUT2D eigenvalue weighted by atomic mass is 19.4. The fourth-order valence-electron chi connectivity index (χ4n) is 6.29. The standard InChI is InChI=1S/C32H37F3N4O2/c33-32(34,35)30-20-26(6-5-24(30)21-36)38-25-7-9-28(10-8-25)41-29-11-14-37-27(19-29)17-23-12-15-39(16-13-23)31(40)18-22-3-1-2-4-22/h5-6,11,14,17,19-20,22,25,28,38H,1-4,7-10,12-13,15-16,18H2. The highest BCUT2D eigenvalue weighted by Crippen LogP contribution is 2.35. The zero-order chi connectivity index (χ0) is 28.8. The van der Waals surface area contributed by atoms with Crippen LogP contribution in [0.3, 0.4) is 0 Å². The van der Waals surface area contributed by atoms with Crippen molar-refractivity contribution in [3.05, 3.63) is 58.9 Å². The van der Waals surface area contributed by atoms with Crippen LogP contribution >= 0.6 is 0 Å². The lowest BCUT2D eigenvalue weighted by atomic mass is 9.92. The molecule has 3 fully saturated rings. The summed E-state index contributed by atoms with van der Waals surface area (Å²) in [5.74, 6) is 1.64. The third-order valence-corrected chi connectivity index (χ3v) is 8.59. The van der Waals surface area contributed by atoms with Gasteiger partial charge in [0.05, 0.1) is 29.0 Å². The number of likely N-dealkylation sites (tertiary alicyclic amines) is 1. The summed E-state index contributed by atoms with van der Waals surface area (Å²) in [5.41, 5.74) is 1.23. The summed E-state index contributed by atoms with van der Waals surface area (Å²) >= 11 is 0. The monoisotopic (exact) mass is 566 g/mol. The number of nitrogens with zero attached hydrogens (tertiary/aromatic N) is 3. The van der Waals surface area contributed by atoms with E-state index in [4.69, 9.17) is 10.00 Å². The molecule has 1 saturated heterocycles. The largest absolute Gasteiger partial charge is 0.490 e. The van der Waals surface area contributed by atoms with Gasteiger partial charge in [0.25, 0.3) is 0 Å². The molecule has 0 unspecified atom stereocenters. The van der Waals surface area contributed by atoms with Crippen LogP contribution in [0.1, 0.15) is 87.4 Å². The predicted molar refractivity (Wildman–Crippen MR) is 151 cm³/mol. The molecule has 2 aromatic rings. The van der Waals surface area contributed by atoms with Crippen molar-refractivity contribution in [3.8, 4) is 11.8 Å². The van der Waals surface area contributed by atoms with Gasteiger partial charge in [0.1, 0.15) is 5.75 Å². The van der Waals surface area contributed by atoms with Gasteiger partial charge in [-0.2, -0.15) is 18.4 Å². The van der Waals surface area contributed by atoms with Gasteiger partial charge in [0.15, 0.2) is 0 Å². The topological polar surface area (TPSA) is 78.2 Å². The molecule has 9 heteroatoms. The van der Waals surface area contributed by atoms with Crippen molar-refractivity contribution in [2.75, 3.05) is 18.4 Å². The van der Waals surface area contributed by atoms with E-state index in [0.29, 0.717) is 23.9 Å². The van der Waals surface area contributed by atoms with E-state index in [-0.39, 0.29) is 17.7 Å². The average molecular weight is 567 g/mol. The van der Waals surface area contributed by atoms with Gasteiger partial charge in [-0.1, -0.05) is 18.4 Å². The molecule has 0 radical (unpaired) electrons. The second kappa shape index (κ2) is 13.0. The van der Waals surface area contributed by atoms with Crippen molar-refractivity contribution < 1.29 is 22.7 Å². The molecule has 1 aromatic carbocycles. The maximum atomic E-state index is 13.3. The number of halogens is 3.